The first-order chi connectivity index (χ1) is 14.4. The van der Waals surface area contributed by atoms with E-state index in [1.165, 1.54) is 6.42 Å². The summed E-state index contributed by atoms with van der Waals surface area (Å²) in [5, 5.41) is 69.9. The van der Waals surface area contributed by atoms with Gasteiger partial charge in [0.2, 0.25) is 0 Å². The molecule has 0 spiro atoms. The Morgan fingerprint density at radius 2 is 1.27 bits per heavy atom. The van der Waals surface area contributed by atoms with Gasteiger partial charge in [0.15, 0.2) is 12.6 Å². The number of ether oxygens (including phenoxy) is 4. The molecule has 1 aliphatic carbocycles. The molecule has 176 valence electrons. The number of aliphatic hydroxyl groups is 7. The lowest BCUT2D eigenvalue weighted by Crippen LogP contribution is -2.64. The highest BCUT2D eigenvalue weighted by molar-refractivity contribution is 4.94. The summed E-state index contributed by atoms with van der Waals surface area (Å²) in [6.07, 6.45) is -8.75. The predicted molar refractivity (Wildman–Crippen MR) is 98.9 cm³/mol. The molecule has 0 amide bonds. The summed E-state index contributed by atoms with van der Waals surface area (Å²) in [5.74, 6) is 0.349. The molecule has 11 heteroatoms. The number of aliphatic hydroxyl groups excluding tert-OH is 7. The van der Waals surface area contributed by atoms with Gasteiger partial charge in [0.25, 0.3) is 0 Å². The van der Waals surface area contributed by atoms with E-state index in [1.807, 2.05) is 0 Å². The van der Waals surface area contributed by atoms with E-state index in [9.17, 15) is 35.7 Å². The number of hydrogen-bond acceptors (Lipinski definition) is 11. The van der Waals surface area contributed by atoms with Gasteiger partial charge in [0.1, 0.15) is 48.8 Å². The van der Waals surface area contributed by atoms with E-state index in [0.29, 0.717) is 12.5 Å². The van der Waals surface area contributed by atoms with Gasteiger partial charge in [-0.15, -0.1) is 0 Å². The minimum atomic E-state index is -1.69. The van der Waals surface area contributed by atoms with Gasteiger partial charge in [0.05, 0.1) is 19.8 Å². The minimum absolute atomic E-state index is 0.349. The Morgan fingerprint density at radius 1 is 0.667 bits per heavy atom. The topological polar surface area (TPSA) is 179 Å². The molecule has 30 heavy (non-hydrogen) atoms. The van der Waals surface area contributed by atoms with Crippen molar-refractivity contribution >= 4 is 0 Å². The molecule has 3 fully saturated rings. The molecule has 2 aliphatic heterocycles. The quantitative estimate of drug-likeness (QED) is 0.218. The second kappa shape index (κ2) is 10.9. The first-order valence-corrected chi connectivity index (χ1v) is 10.6. The Bertz CT molecular complexity index is 513. The average Bonchev–Trinajstić information content (AvgIpc) is 2.77. The van der Waals surface area contributed by atoms with E-state index in [2.05, 4.69) is 0 Å². The molecule has 0 aromatic carbocycles. The van der Waals surface area contributed by atoms with E-state index in [-0.39, 0.29) is 0 Å². The van der Waals surface area contributed by atoms with Gasteiger partial charge in [-0.3, -0.25) is 0 Å². The maximum Gasteiger partial charge on any atom is 0.187 e. The molecule has 11 nitrogen and oxygen atoms in total. The molecule has 0 radical (unpaired) electrons. The van der Waals surface area contributed by atoms with Gasteiger partial charge in [-0.25, -0.2) is 0 Å². The summed E-state index contributed by atoms with van der Waals surface area (Å²) >= 11 is 0. The molecular weight excluding hydrogens is 404 g/mol. The van der Waals surface area contributed by atoms with Gasteiger partial charge < -0.3 is 54.7 Å². The van der Waals surface area contributed by atoms with Crippen LogP contribution in [0.5, 0.6) is 0 Å². The van der Waals surface area contributed by atoms with Gasteiger partial charge >= 0.3 is 0 Å². The van der Waals surface area contributed by atoms with Crippen molar-refractivity contribution in [3.63, 3.8) is 0 Å². The zero-order valence-corrected chi connectivity index (χ0v) is 16.8. The Morgan fingerprint density at radius 3 is 1.90 bits per heavy atom. The summed E-state index contributed by atoms with van der Waals surface area (Å²) < 4.78 is 22.1. The highest BCUT2D eigenvalue weighted by Gasteiger charge is 2.50. The van der Waals surface area contributed by atoms with Crippen LogP contribution in [0.25, 0.3) is 0 Å². The lowest BCUT2D eigenvalue weighted by Gasteiger charge is -2.46. The fourth-order valence-corrected chi connectivity index (χ4v) is 4.28. The SMILES string of the molecule is OC[C@H]1O[C@@H](O[C@H]2[C@H](O)[C@@H](O)[C@@H](OCC3CCCCC3)O[C@@H]2CO)[C@H](O)[C@@H](O)[C@@H]1O. The maximum atomic E-state index is 10.6. The van der Waals surface area contributed by atoms with Crippen LogP contribution >= 0.6 is 0 Å². The summed E-state index contributed by atoms with van der Waals surface area (Å²) in [6.45, 7) is -0.850. The van der Waals surface area contributed by atoms with Crippen LogP contribution in [0.2, 0.25) is 0 Å². The van der Waals surface area contributed by atoms with Crippen molar-refractivity contribution in [1.29, 1.82) is 0 Å². The van der Waals surface area contributed by atoms with Crippen LogP contribution in [0.3, 0.4) is 0 Å². The largest absolute Gasteiger partial charge is 0.394 e. The molecule has 3 rings (SSSR count). The molecule has 2 heterocycles. The van der Waals surface area contributed by atoms with E-state index < -0.39 is 74.6 Å². The van der Waals surface area contributed by atoms with Crippen molar-refractivity contribution in [2.45, 2.75) is 93.5 Å². The van der Waals surface area contributed by atoms with Crippen LogP contribution in [0, 0.1) is 5.92 Å². The zero-order chi connectivity index (χ0) is 21.8. The normalized spacial score (nSPS) is 46.1. The molecular formula is C19H34O11. The minimum Gasteiger partial charge on any atom is -0.394 e. The fraction of sp³-hybridized carbons (Fsp3) is 1.00. The first-order valence-electron chi connectivity index (χ1n) is 10.6. The van der Waals surface area contributed by atoms with Crippen molar-refractivity contribution in [3.05, 3.63) is 0 Å². The predicted octanol–water partition coefficient (Wildman–Crippen LogP) is -2.79. The number of hydrogen-bond donors (Lipinski definition) is 7. The zero-order valence-electron chi connectivity index (χ0n) is 16.8. The van der Waals surface area contributed by atoms with Crippen molar-refractivity contribution < 1.29 is 54.7 Å². The molecule has 1 saturated carbocycles. The Hall–Kier alpha value is -0.440. The molecule has 0 aromatic heterocycles. The third-order valence-corrected chi connectivity index (χ3v) is 6.18. The van der Waals surface area contributed by atoms with Crippen LogP contribution in [0.4, 0.5) is 0 Å². The lowest BCUT2D eigenvalue weighted by molar-refractivity contribution is -0.360. The Kier molecular flexibility index (Phi) is 8.82. The van der Waals surface area contributed by atoms with Gasteiger partial charge in [0, 0.05) is 0 Å². The fourth-order valence-electron chi connectivity index (χ4n) is 4.28. The third kappa shape index (κ3) is 5.30. The van der Waals surface area contributed by atoms with Crippen LogP contribution in [-0.4, -0.2) is 117 Å². The van der Waals surface area contributed by atoms with Crippen LogP contribution < -0.4 is 0 Å². The van der Waals surface area contributed by atoms with E-state index in [0.717, 1.165) is 25.7 Å². The van der Waals surface area contributed by atoms with Gasteiger partial charge in [-0.2, -0.15) is 0 Å². The van der Waals surface area contributed by atoms with E-state index in [1.54, 1.807) is 0 Å². The molecule has 0 aromatic rings. The highest BCUT2D eigenvalue weighted by atomic mass is 16.7. The molecule has 0 bridgehead atoms. The highest BCUT2D eigenvalue weighted by Crippen LogP contribution is 2.30. The molecule has 10 atom stereocenters. The number of rotatable bonds is 7. The summed E-state index contributed by atoms with van der Waals surface area (Å²) in [7, 11) is 0. The lowest BCUT2D eigenvalue weighted by atomic mass is 9.90. The Labute approximate surface area is 174 Å². The van der Waals surface area contributed by atoms with Gasteiger partial charge in [-0.1, -0.05) is 19.3 Å². The second-order valence-corrected chi connectivity index (χ2v) is 8.34. The van der Waals surface area contributed by atoms with E-state index >= 15 is 0 Å². The van der Waals surface area contributed by atoms with Crippen molar-refractivity contribution in [1.82, 2.24) is 0 Å². The Balaban J connectivity index is 1.61. The summed E-state index contributed by atoms with van der Waals surface area (Å²) in [4.78, 5) is 0. The molecule has 2 saturated heterocycles. The first kappa shape index (κ1) is 24.2. The van der Waals surface area contributed by atoms with Crippen LogP contribution in [0.15, 0.2) is 0 Å². The van der Waals surface area contributed by atoms with Crippen LogP contribution in [-0.2, 0) is 18.9 Å². The molecule has 7 N–H and O–H groups in total. The van der Waals surface area contributed by atoms with Crippen LogP contribution in [0.1, 0.15) is 32.1 Å². The maximum absolute atomic E-state index is 10.6. The van der Waals surface area contributed by atoms with Gasteiger partial charge in [-0.05, 0) is 18.8 Å². The van der Waals surface area contributed by atoms with E-state index in [4.69, 9.17) is 18.9 Å². The standard InChI is InChI=1S/C19H34O11/c20-6-10-12(22)13(23)15(25)19(28-10)30-17-11(7-21)29-18(16(26)14(17)24)27-8-9-4-2-1-3-5-9/h9-26H,1-8H2/t10-,11-,12-,13+,14-,15-,16-,17-,18+,19+/m1/s1. The average molecular weight is 438 g/mol. The molecule has 3 aliphatic rings. The smallest absolute Gasteiger partial charge is 0.187 e. The van der Waals surface area contributed by atoms with Crippen molar-refractivity contribution in [2.24, 2.45) is 5.92 Å². The van der Waals surface area contributed by atoms with Crippen molar-refractivity contribution in [3.8, 4) is 0 Å². The monoisotopic (exact) mass is 438 g/mol. The second-order valence-electron chi connectivity index (χ2n) is 8.34. The molecule has 0 unspecified atom stereocenters. The third-order valence-electron chi connectivity index (χ3n) is 6.18. The summed E-state index contributed by atoms with van der Waals surface area (Å²) in [5.41, 5.74) is 0. The van der Waals surface area contributed by atoms with Crippen molar-refractivity contribution in [2.75, 3.05) is 19.8 Å². The summed E-state index contributed by atoms with van der Waals surface area (Å²) in [6, 6.07) is 0.